The van der Waals surface area contributed by atoms with Gasteiger partial charge in [-0.3, -0.25) is 9.79 Å². The molecule has 4 heteroatoms. The van der Waals surface area contributed by atoms with Crippen LogP contribution < -0.4 is 5.32 Å². The molecule has 0 bridgehead atoms. The zero-order valence-electron chi connectivity index (χ0n) is 17.2. The van der Waals surface area contributed by atoms with E-state index in [0.717, 1.165) is 11.3 Å². The molecule has 1 amide bonds. The maximum atomic E-state index is 12.5. The standard InChI is InChI=1S/C25H26N2O2/c1-17-6-5-7-19(23(17)28)16-26-21-12-14-22(15-13-21)27-24(29)18-8-10-20(11-9-18)25(2,3)4/h5-16,28H,1-4H3,(H,27,29). The molecule has 29 heavy (non-hydrogen) atoms. The fourth-order valence-electron chi connectivity index (χ4n) is 2.89. The molecule has 3 aromatic rings. The number of nitrogens with one attached hydrogen (secondary N) is 1. The monoisotopic (exact) mass is 386 g/mol. The number of para-hydroxylation sites is 1. The number of phenolic OH excluding ortho intramolecular Hbond substituents is 1. The van der Waals surface area contributed by atoms with E-state index in [1.165, 1.54) is 5.56 Å². The van der Waals surface area contributed by atoms with E-state index in [9.17, 15) is 9.90 Å². The van der Waals surface area contributed by atoms with Gasteiger partial charge < -0.3 is 10.4 Å². The second-order valence-electron chi connectivity index (χ2n) is 8.10. The van der Waals surface area contributed by atoms with E-state index in [1.807, 2.05) is 73.7 Å². The van der Waals surface area contributed by atoms with Crippen molar-refractivity contribution in [2.24, 2.45) is 4.99 Å². The number of hydrogen-bond acceptors (Lipinski definition) is 3. The Kier molecular flexibility index (Phi) is 5.83. The third-order valence-electron chi connectivity index (χ3n) is 4.76. The van der Waals surface area contributed by atoms with E-state index in [-0.39, 0.29) is 17.1 Å². The van der Waals surface area contributed by atoms with Crippen molar-refractivity contribution in [1.82, 2.24) is 0 Å². The van der Waals surface area contributed by atoms with Gasteiger partial charge in [-0.05, 0) is 65.9 Å². The molecule has 0 aliphatic carbocycles. The Morgan fingerprint density at radius 3 is 2.24 bits per heavy atom. The highest BCUT2D eigenvalue weighted by atomic mass is 16.3. The van der Waals surface area contributed by atoms with Crippen LogP contribution in [-0.4, -0.2) is 17.2 Å². The molecule has 4 nitrogen and oxygen atoms in total. The van der Waals surface area contributed by atoms with Crippen LogP contribution in [0.3, 0.4) is 0 Å². The number of anilines is 1. The quantitative estimate of drug-likeness (QED) is 0.540. The summed E-state index contributed by atoms with van der Waals surface area (Å²) < 4.78 is 0. The largest absolute Gasteiger partial charge is 0.507 e. The minimum absolute atomic E-state index is 0.0561. The lowest BCUT2D eigenvalue weighted by Crippen LogP contribution is -2.14. The van der Waals surface area contributed by atoms with Crippen molar-refractivity contribution in [2.75, 3.05) is 5.32 Å². The number of benzene rings is 3. The molecule has 0 atom stereocenters. The lowest BCUT2D eigenvalue weighted by molar-refractivity contribution is 0.102. The van der Waals surface area contributed by atoms with Crippen LogP contribution in [0.2, 0.25) is 0 Å². The van der Waals surface area contributed by atoms with Gasteiger partial charge in [0, 0.05) is 23.0 Å². The topological polar surface area (TPSA) is 61.7 Å². The third kappa shape index (κ3) is 5.11. The molecule has 0 radical (unpaired) electrons. The maximum Gasteiger partial charge on any atom is 0.255 e. The van der Waals surface area contributed by atoms with E-state index in [1.54, 1.807) is 6.21 Å². The van der Waals surface area contributed by atoms with Crippen molar-refractivity contribution in [3.05, 3.63) is 89.0 Å². The Balaban J connectivity index is 1.66. The Labute approximate surface area is 172 Å². The number of carbonyl (C=O) groups excluding carboxylic acids is 1. The first-order chi connectivity index (χ1) is 13.7. The molecule has 0 unspecified atom stereocenters. The molecular formula is C25H26N2O2. The number of aliphatic imine (C=N–C) groups is 1. The lowest BCUT2D eigenvalue weighted by Gasteiger charge is -2.19. The van der Waals surface area contributed by atoms with E-state index in [2.05, 4.69) is 31.1 Å². The zero-order chi connectivity index (χ0) is 21.0. The maximum absolute atomic E-state index is 12.5. The van der Waals surface area contributed by atoms with Gasteiger partial charge in [-0.1, -0.05) is 45.0 Å². The highest BCUT2D eigenvalue weighted by Crippen LogP contribution is 2.23. The third-order valence-corrected chi connectivity index (χ3v) is 4.76. The first-order valence-corrected chi connectivity index (χ1v) is 9.58. The summed E-state index contributed by atoms with van der Waals surface area (Å²) in [7, 11) is 0. The number of aryl methyl sites for hydroxylation is 1. The van der Waals surface area contributed by atoms with Crippen LogP contribution in [0, 0.1) is 6.92 Å². The Hall–Kier alpha value is -3.40. The molecule has 148 valence electrons. The number of amides is 1. The van der Waals surface area contributed by atoms with Gasteiger partial charge in [0.1, 0.15) is 5.75 Å². The number of hydrogen-bond donors (Lipinski definition) is 2. The van der Waals surface area contributed by atoms with Gasteiger partial charge in [0.25, 0.3) is 5.91 Å². The molecule has 3 aromatic carbocycles. The fourth-order valence-corrected chi connectivity index (χ4v) is 2.89. The van der Waals surface area contributed by atoms with E-state index < -0.39 is 0 Å². The molecule has 0 heterocycles. The van der Waals surface area contributed by atoms with Crippen LogP contribution >= 0.6 is 0 Å². The van der Waals surface area contributed by atoms with Gasteiger partial charge in [-0.15, -0.1) is 0 Å². The number of nitrogens with zero attached hydrogens (tertiary/aromatic N) is 1. The Morgan fingerprint density at radius 2 is 1.62 bits per heavy atom. The molecule has 0 saturated carbocycles. The molecule has 0 aromatic heterocycles. The molecule has 0 spiro atoms. The number of carbonyl (C=O) groups is 1. The Bertz CT molecular complexity index is 1030. The first kappa shape index (κ1) is 20.3. The summed E-state index contributed by atoms with van der Waals surface area (Å²) in [6, 6.07) is 20.5. The summed E-state index contributed by atoms with van der Waals surface area (Å²) in [4.78, 5) is 16.9. The van der Waals surface area contributed by atoms with Crippen LogP contribution in [-0.2, 0) is 5.41 Å². The molecule has 0 aliphatic rings. The van der Waals surface area contributed by atoms with Gasteiger partial charge in [0.05, 0.1) is 5.69 Å². The summed E-state index contributed by atoms with van der Waals surface area (Å²) in [5.74, 6) is 0.0870. The molecule has 0 aliphatic heterocycles. The smallest absolute Gasteiger partial charge is 0.255 e. The highest BCUT2D eigenvalue weighted by Gasteiger charge is 2.14. The van der Waals surface area contributed by atoms with Gasteiger partial charge in [-0.2, -0.15) is 0 Å². The fraction of sp³-hybridized carbons (Fsp3) is 0.200. The normalized spacial score (nSPS) is 11.6. The summed E-state index contributed by atoms with van der Waals surface area (Å²) in [5, 5.41) is 13.0. The summed E-state index contributed by atoms with van der Waals surface area (Å²) in [6.45, 7) is 8.28. The van der Waals surface area contributed by atoms with Gasteiger partial charge in [0.2, 0.25) is 0 Å². The summed E-state index contributed by atoms with van der Waals surface area (Å²) in [6.07, 6.45) is 1.63. The molecule has 3 rings (SSSR count). The van der Waals surface area contributed by atoms with Crippen LogP contribution in [0.25, 0.3) is 0 Å². The lowest BCUT2D eigenvalue weighted by atomic mass is 9.87. The van der Waals surface area contributed by atoms with Gasteiger partial charge in [-0.25, -0.2) is 0 Å². The van der Waals surface area contributed by atoms with Crippen molar-refractivity contribution >= 4 is 23.5 Å². The molecular weight excluding hydrogens is 360 g/mol. The summed E-state index contributed by atoms with van der Waals surface area (Å²) >= 11 is 0. The van der Waals surface area contributed by atoms with Crippen molar-refractivity contribution in [1.29, 1.82) is 0 Å². The predicted molar refractivity (Wildman–Crippen MR) is 120 cm³/mol. The number of rotatable bonds is 4. The number of phenols is 1. The minimum Gasteiger partial charge on any atom is -0.507 e. The van der Waals surface area contributed by atoms with Crippen LogP contribution in [0.15, 0.2) is 71.7 Å². The minimum atomic E-state index is -0.147. The first-order valence-electron chi connectivity index (χ1n) is 9.58. The highest BCUT2D eigenvalue weighted by molar-refractivity contribution is 6.04. The van der Waals surface area contributed by atoms with Gasteiger partial charge in [0.15, 0.2) is 0 Å². The van der Waals surface area contributed by atoms with Crippen LogP contribution in [0.4, 0.5) is 11.4 Å². The summed E-state index contributed by atoms with van der Waals surface area (Å²) in [5.41, 5.74) is 4.78. The van der Waals surface area contributed by atoms with Crippen LogP contribution in [0.1, 0.15) is 47.8 Å². The van der Waals surface area contributed by atoms with E-state index >= 15 is 0 Å². The van der Waals surface area contributed by atoms with E-state index in [4.69, 9.17) is 0 Å². The predicted octanol–water partition coefficient (Wildman–Crippen LogP) is 6.00. The number of aromatic hydroxyl groups is 1. The molecule has 0 saturated heterocycles. The second-order valence-corrected chi connectivity index (χ2v) is 8.10. The SMILES string of the molecule is Cc1cccc(C=Nc2ccc(NC(=O)c3ccc(C(C)(C)C)cc3)cc2)c1O. The molecule has 0 fully saturated rings. The average molecular weight is 386 g/mol. The van der Waals surface area contributed by atoms with Crippen molar-refractivity contribution < 1.29 is 9.90 Å². The molecule has 2 N–H and O–H groups in total. The van der Waals surface area contributed by atoms with Gasteiger partial charge >= 0.3 is 0 Å². The second kappa shape index (κ2) is 8.31. The van der Waals surface area contributed by atoms with Crippen molar-refractivity contribution in [3.8, 4) is 5.75 Å². The zero-order valence-corrected chi connectivity index (χ0v) is 17.2. The van der Waals surface area contributed by atoms with Crippen LogP contribution in [0.5, 0.6) is 5.75 Å². The van der Waals surface area contributed by atoms with Crippen molar-refractivity contribution in [2.45, 2.75) is 33.1 Å². The van der Waals surface area contributed by atoms with Crippen molar-refractivity contribution in [3.63, 3.8) is 0 Å². The Morgan fingerprint density at radius 1 is 0.966 bits per heavy atom. The van der Waals surface area contributed by atoms with E-state index in [0.29, 0.717) is 16.8 Å². The average Bonchev–Trinajstić information content (AvgIpc) is 2.69.